The number of nitrogen functional groups attached to an aromatic ring is 1. The summed E-state index contributed by atoms with van der Waals surface area (Å²) in [6.45, 7) is 1.51. The van der Waals surface area contributed by atoms with Gasteiger partial charge in [-0.05, 0) is 55.5 Å². The topological polar surface area (TPSA) is 104 Å². The average Bonchev–Trinajstić information content (AvgIpc) is 3.57. The van der Waals surface area contributed by atoms with Gasteiger partial charge in [0.05, 0.1) is 11.4 Å². The van der Waals surface area contributed by atoms with Crippen molar-refractivity contribution in [3.05, 3.63) is 77.2 Å². The molecular formula is C25H29FIN7. The Balaban J connectivity index is 0.00000324. The molecule has 1 fully saturated rings. The summed E-state index contributed by atoms with van der Waals surface area (Å²) in [4.78, 5) is 4.33. The third-order valence-electron chi connectivity index (χ3n) is 6.12. The van der Waals surface area contributed by atoms with E-state index in [0.717, 1.165) is 18.9 Å². The zero-order valence-corrected chi connectivity index (χ0v) is 21.4. The highest BCUT2D eigenvalue weighted by Crippen LogP contribution is 2.47. The Morgan fingerprint density at radius 3 is 2.50 bits per heavy atom. The summed E-state index contributed by atoms with van der Waals surface area (Å²) in [5, 5.41) is 20.8. The molecule has 0 spiro atoms. The number of rotatable bonds is 8. The summed E-state index contributed by atoms with van der Waals surface area (Å²) < 4.78 is 14.7. The Kier molecular flexibility index (Phi) is 8.50. The highest BCUT2D eigenvalue weighted by atomic mass is 127. The summed E-state index contributed by atoms with van der Waals surface area (Å²) in [6, 6.07) is 18.6. The molecule has 1 saturated carbocycles. The fraction of sp³-hybridized carbons (Fsp3) is 0.320. The highest BCUT2D eigenvalue weighted by molar-refractivity contribution is 14.0. The Morgan fingerprint density at radius 2 is 1.88 bits per heavy atom. The number of aryl methyl sites for hydroxylation is 1. The number of nitriles is 1. The summed E-state index contributed by atoms with van der Waals surface area (Å²) in [5.41, 5.74) is 9.31. The summed E-state index contributed by atoms with van der Waals surface area (Å²) in [6.07, 6.45) is 3.68. The van der Waals surface area contributed by atoms with E-state index in [-0.39, 0.29) is 41.0 Å². The van der Waals surface area contributed by atoms with Gasteiger partial charge in [-0.1, -0.05) is 30.3 Å². The summed E-state index contributed by atoms with van der Waals surface area (Å²) >= 11 is 0. The quantitative estimate of drug-likeness (QED) is 0.164. The van der Waals surface area contributed by atoms with Gasteiger partial charge in [0.1, 0.15) is 23.3 Å². The van der Waals surface area contributed by atoms with Gasteiger partial charge in [0.2, 0.25) is 0 Å². The smallest absolute Gasteiger partial charge is 0.191 e. The van der Waals surface area contributed by atoms with Crippen molar-refractivity contribution in [2.45, 2.75) is 31.1 Å². The first-order chi connectivity index (χ1) is 16.1. The maximum atomic E-state index is 13.2. The van der Waals surface area contributed by atoms with E-state index in [1.54, 1.807) is 19.2 Å². The Bertz CT molecular complexity index is 1160. The van der Waals surface area contributed by atoms with E-state index in [1.807, 2.05) is 6.07 Å². The molecule has 178 valence electrons. The van der Waals surface area contributed by atoms with E-state index < -0.39 is 0 Å². The Morgan fingerprint density at radius 1 is 1.18 bits per heavy atom. The number of aromatic nitrogens is 2. The van der Waals surface area contributed by atoms with Gasteiger partial charge in [0.15, 0.2) is 5.96 Å². The van der Waals surface area contributed by atoms with Gasteiger partial charge >= 0.3 is 0 Å². The molecule has 7 nitrogen and oxygen atoms in total. The van der Waals surface area contributed by atoms with Crippen molar-refractivity contribution in [1.82, 2.24) is 20.4 Å². The standard InChI is InChI=1S/C25H28FN7.HI/c1-29-24(31-17-25(13-14-25)18-6-3-2-4-7-18)30-15-5-8-22-21(16-27)23(28)33(32-22)20-11-9-19(26)10-12-20;/h2-4,6-7,9-12H,5,8,13-15,17,28H2,1H3,(H2,29,30,31);1H. The molecule has 0 amide bonds. The first kappa shape index (κ1) is 25.5. The molecule has 1 aliphatic rings. The molecule has 3 aromatic rings. The Hall–Kier alpha value is -3.13. The summed E-state index contributed by atoms with van der Waals surface area (Å²) in [5.74, 6) is 0.684. The third kappa shape index (κ3) is 5.67. The van der Waals surface area contributed by atoms with Gasteiger partial charge < -0.3 is 16.4 Å². The second-order valence-corrected chi connectivity index (χ2v) is 8.31. The van der Waals surface area contributed by atoms with Crippen molar-refractivity contribution >= 4 is 35.8 Å². The lowest BCUT2D eigenvalue weighted by atomic mass is 9.96. The van der Waals surface area contributed by atoms with Gasteiger partial charge in [-0.15, -0.1) is 24.0 Å². The van der Waals surface area contributed by atoms with Crippen LogP contribution in [0.25, 0.3) is 5.69 Å². The fourth-order valence-electron chi connectivity index (χ4n) is 4.00. The normalized spacial score (nSPS) is 14.1. The first-order valence-electron chi connectivity index (χ1n) is 11.1. The zero-order valence-electron chi connectivity index (χ0n) is 19.1. The SMILES string of the molecule is CN=C(NCCCc1nn(-c2ccc(F)cc2)c(N)c1C#N)NCC1(c2ccccc2)CC1.I. The van der Waals surface area contributed by atoms with E-state index >= 15 is 0 Å². The highest BCUT2D eigenvalue weighted by Gasteiger charge is 2.43. The molecule has 0 unspecified atom stereocenters. The van der Waals surface area contributed by atoms with Crippen molar-refractivity contribution in [2.75, 3.05) is 25.9 Å². The lowest BCUT2D eigenvalue weighted by Crippen LogP contribution is -2.41. The first-order valence-corrected chi connectivity index (χ1v) is 11.1. The van der Waals surface area contributed by atoms with Crippen molar-refractivity contribution in [1.29, 1.82) is 5.26 Å². The predicted octanol–water partition coefficient (Wildman–Crippen LogP) is 3.91. The van der Waals surface area contributed by atoms with Crippen LogP contribution in [-0.4, -0.2) is 35.9 Å². The van der Waals surface area contributed by atoms with Crippen LogP contribution in [0.1, 0.15) is 36.1 Å². The number of hydrogen-bond donors (Lipinski definition) is 3. The van der Waals surface area contributed by atoms with Crippen LogP contribution in [0.15, 0.2) is 59.6 Å². The van der Waals surface area contributed by atoms with E-state index in [1.165, 1.54) is 35.2 Å². The van der Waals surface area contributed by atoms with Crippen molar-refractivity contribution in [3.8, 4) is 11.8 Å². The van der Waals surface area contributed by atoms with Crippen molar-refractivity contribution in [2.24, 2.45) is 4.99 Å². The number of halogens is 2. The number of hydrogen-bond acceptors (Lipinski definition) is 4. The lowest BCUT2D eigenvalue weighted by Gasteiger charge is -2.19. The average molecular weight is 573 g/mol. The second-order valence-electron chi connectivity index (χ2n) is 8.31. The lowest BCUT2D eigenvalue weighted by molar-refractivity contribution is 0.627. The number of benzene rings is 2. The van der Waals surface area contributed by atoms with E-state index in [4.69, 9.17) is 5.73 Å². The van der Waals surface area contributed by atoms with Gasteiger partial charge in [-0.25, -0.2) is 9.07 Å². The molecule has 9 heteroatoms. The van der Waals surface area contributed by atoms with Gasteiger partial charge in [0.25, 0.3) is 0 Å². The molecule has 0 radical (unpaired) electrons. The third-order valence-corrected chi connectivity index (χ3v) is 6.12. The minimum absolute atomic E-state index is 0. The number of aliphatic imine (C=N–C) groups is 1. The predicted molar refractivity (Wildman–Crippen MR) is 143 cm³/mol. The van der Waals surface area contributed by atoms with Crippen LogP contribution >= 0.6 is 24.0 Å². The molecule has 0 saturated heterocycles. The number of anilines is 1. The van der Waals surface area contributed by atoms with Crippen LogP contribution in [-0.2, 0) is 11.8 Å². The molecule has 0 aliphatic heterocycles. The molecule has 0 bridgehead atoms. The number of nitrogens with zero attached hydrogens (tertiary/aromatic N) is 4. The van der Waals surface area contributed by atoms with Crippen LogP contribution in [0.5, 0.6) is 0 Å². The maximum absolute atomic E-state index is 13.2. The summed E-state index contributed by atoms with van der Waals surface area (Å²) in [7, 11) is 1.76. The van der Waals surface area contributed by atoms with E-state index in [0.29, 0.717) is 29.9 Å². The molecule has 1 aromatic heterocycles. The van der Waals surface area contributed by atoms with Crippen LogP contribution in [0, 0.1) is 17.1 Å². The van der Waals surface area contributed by atoms with E-state index in [2.05, 4.69) is 51.1 Å². The monoisotopic (exact) mass is 573 g/mol. The minimum atomic E-state index is -0.338. The molecular weight excluding hydrogens is 544 g/mol. The van der Waals surface area contributed by atoms with Crippen molar-refractivity contribution < 1.29 is 4.39 Å². The minimum Gasteiger partial charge on any atom is -0.382 e. The number of nitrogens with two attached hydrogens (primary N) is 1. The molecule has 1 heterocycles. The van der Waals surface area contributed by atoms with Crippen LogP contribution in [0.4, 0.5) is 10.2 Å². The molecule has 0 atom stereocenters. The zero-order chi connectivity index (χ0) is 23.3. The molecule has 4 N–H and O–H groups in total. The largest absolute Gasteiger partial charge is 0.382 e. The molecule has 4 rings (SSSR count). The number of guanidine groups is 1. The van der Waals surface area contributed by atoms with Gasteiger partial charge in [-0.3, -0.25) is 4.99 Å². The fourth-order valence-corrected chi connectivity index (χ4v) is 4.00. The molecule has 1 aliphatic carbocycles. The Labute approximate surface area is 216 Å². The molecule has 2 aromatic carbocycles. The second kappa shape index (κ2) is 11.3. The van der Waals surface area contributed by atoms with Gasteiger partial charge in [-0.2, -0.15) is 10.4 Å². The number of nitrogens with one attached hydrogen (secondary N) is 2. The van der Waals surface area contributed by atoms with Crippen LogP contribution < -0.4 is 16.4 Å². The van der Waals surface area contributed by atoms with Crippen LogP contribution in [0.3, 0.4) is 0 Å². The van der Waals surface area contributed by atoms with E-state index in [9.17, 15) is 9.65 Å². The molecule has 34 heavy (non-hydrogen) atoms. The van der Waals surface area contributed by atoms with Gasteiger partial charge in [0, 0.05) is 25.6 Å². The van der Waals surface area contributed by atoms with Crippen LogP contribution in [0.2, 0.25) is 0 Å². The van der Waals surface area contributed by atoms with Crippen molar-refractivity contribution in [3.63, 3.8) is 0 Å². The maximum Gasteiger partial charge on any atom is 0.191 e.